The van der Waals surface area contributed by atoms with E-state index >= 15 is 0 Å². The quantitative estimate of drug-likeness (QED) is 0.176. The fraction of sp³-hybridized carbons (Fsp3) is 0.233. The third-order valence-corrected chi connectivity index (χ3v) is 6.10. The van der Waals surface area contributed by atoms with E-state index in [1.807, 2.05) is 52.0 Å². The van der Waals surface area contributed by atoms with E-state index in [0.29, 0.717) is 23.3 Å². The number of nitrogens with one attached hydrogen (secondary N) is 5. The van der Waals surface area contributed by atoms with Gasteiger partial charge in [-0.1, -0.05) is 35.4 Å². The fourth-order valence-electron chi connectivity index (χ4n) is 4.05. The van der Waals surface area contributed by atoms with Crippen LogP contribution < -0.4 is 26.6 Å². The predicted octanol–water partition coefficient (Wildman–Crippen LogP) is 5.99. The Bertz CT molecular complexity index is 1460. The maximum Gasteiger partial charge on any atom is 0.246 e. The Hall–Kier alpha value is -4.99. The Morgan fingerprint density at radius 1 is 0.650 bits per heavy atom. The average Bonchev–Trinajstić information content (AvgIpc) is 2.88. The van der Waals surface area contributed by atoms with Crippen molar-refractivity contribution >= 4 is 52.4 Å². The highest BCUT2D eigenvalue weighted by atomic mass is 16.2. The average molecular weight is 539 g/mol. The predicted molar refractivity (Wildman–Crippen MR) is 161 cm³/mol. The van der Waals surface area contributed by atoms with Gasteiger partial charge in [-0.05, 0) is 82.1 Å². The van der Waals surface area contributed by atoms with E-state index in [0.717, 1.165) is 33.6 Å². The first-order valence-corrected chi connectivity index (χ1v) is 13.0. The van der Waals surface area contributed by atoms with Gasteiger partial charge in [0.2, 0.25) is 29.7 Å². The van der Waals surface area contributed by atoms with Crippen LogP contribution in [-0.4, -0.2) is 32.8 Å². The van der Waals surface area contributed by atoms with E-state index in [1.165, 1.54) is 6.92 Å². The number of aromatic nitrogens is 3. The van der Waals surface area contributed by atoms with Crippen LogP contribution in [0.15, 0.2) is 60.7 Å². The molecule has 0 saturated carbocycles. The van der Waals surface area contributed by atoms with E-state index in [9.17, 15) is 9.59 Å². The summed E-state index contributed by atoms with van der Waals surface area (Å²) in [6.45, 7) is 11.3. The lowest BCUT2D eigenvalue weighted by atomic mass is 10.1. The van der Waals surface area contributed by atoms with E-state index in [2.05, 4.69) is 53.7 Å². The van der Waals surface area contributed by atoms with E-state index in [4.69, 9.17) is 0 Å². The van der Waals surface area contributed by atoms with Crippen molar-refractivity contribution < 1.29 is 9.59 Å². The second-order valence-corrected chi connectivity index (χ2v) is 9.81. The minimum absolute atomic E-state index is 0.162. The Labute approximate surface area is 234 Å². The normalized spacial score (nSPS) is 11.3. The summed E-state index contributed by atoms with van der Waals surface area (Å²) in [6.07, 6.45) is 0. The van der Waals surface area contributed by atoms with E-state index in [-0.39, 0.29) is 17.8 Å². The molecule has 0 aliphatic heterocycles. The number of anilines is 7. The molecule has 5 N–H and O–H groups in total. The molecule has 2 amide bonds. The molecule has 0 bridgehead atoms. The summed E-state index contributed by atoms with van der Waals surface area (Å²) in [5.74, 6) is 0.458. The zero-order valence-corrected chi connectivity index (χ0v) is 23.5. The molecular formula is C30H34N8O2. The van der Waals surface area contributed by atoms with Crippen molar-refractivity contribution in [2.45, 2.75) is 47.6 Å². The highest BCUT2D eigenvalue weighted by molar-refractivity contribution is 5.96. The summed E-state index contributed by atoms with van der Waals surface area (Å²) in [5.41, 5.74) is 7.40. The maximum atomic E-state index is 12.9. The molecule has 0 spiro atoms. The molecule has 1 atom stereocenters. The van der Waals surface area contributed by atoms with Gasteiger partial charge in [-0.15, -0.1) is 0 Å². The fourth-order valence-corrected chi connectivity index (χ4v) is 4.05. The van der Waals surface area contributed by atoms with Crippen LogP contribution in [0.25, 0.3) is 0 Å². The molecule has 0 aliphatic carbocycles. The number of nitrogens with zero attached hydrogens (tertiary/aromatic N) is 3. The van der Waals surface area contributed by atoms with Crippen LogP contribution in [0, 0.1) is 27.7 Å². The summed E-state index contributed by atoms with van der Waals surface area (Å²) in [7, 11) is 0. The van der Waals surface area contributed by atoms with Crippen molar-refractivity contribution in [3.8, 4) is 0 Å². The van der Waals surface area contributed by atoms with Gasteiger partial charge in [0, 0.05) is 29.7 Å². The molecule has 1 aromatic heterocycles. The lowest BCUT2D eigenvalue weighted by Gasteiger charge is -2.17. The van der Waals surface area contributed by atoms with Gasteiger partial charge < -0.3 is 26.6 Å². The first-order chi connectivity index (χ1) is 19.0. The van der Waals surface area contributed by atoms with Gasteiger partial charge in [0.05, 0.1) is 0 Å². The molecule has 4 rings (SSSR count). The molecule has 0 unspecified atom stereocenters. The molecule has 10 nitrogen and oxygen atoms in total. The van der Waals surface area contributed by atoms with Crippen LogP contribution in [0.2, 0.25) is 0 Å². The molecule has 40 heavy (non-hydrogen) atoms. The summed E-state index contributed by atoms with van der Waals surface area (Å²) in [6, 6.07) is 18.3. The molecular weight excluding hydrogens is 504 g/mol. The third-order valence-electron chi connectivity index (χ3n) is 6.10. The number of rotatable bonds is 9. The molecule has 206 valence electrons. The highest BCUT2D eigenvalue weighted by Gasteiger charge is 2.17. The second kappa shape index (κ2) is 12.2. The SMILES string of the molecule is CC(=O)Nc1ccc(NC(=O)[C@@H](C)Nc2nc(Nc3ccc(C)cc3C)nc(Nc3ccc(C)cc3C)n2)cc1. The molecule has 0 radical (unpaired) electrons. The molecule has 0 fully saturated rings. The van der Waals surface area contributed by atoms with Gasteiger partial charge in [-0.2, -0.15) is 15.0 Å². The molecule has 4 aromatic rings. The minimum Gasteiger partial charge on any atom is -0.342 e. The van der Waals surface area contributed by atoms with Crippen LogP contribution in [0.1, 0.15) is 36.1 Å². The van der Waals surface area contributed by atoms with Gasteiger partial charge in [0.15, 0.2) is 0 Å². The van der Waals surface area contributed by atoms with Crippen molar-refractivity contribution in [2.75, 3.05) is 26.6 Å². The number of amides is 2. The molecule has 0 saturated heterocycles. The van der Waals surface area contributed by atoms with Crippen molar-refractivity contribution in [1.82, 2.24) is 15.0 Å². The second-order valence-electron chi connectivity index (χ2n) is 9.81. The van der Waals surface area contributed by atoms with Gasteiger partial charge in [-0.3, -0.25) is 9.59 Å². The van der Waals surface area contributed by atoms with Gasteiger partial charge in [0.1, 0.15) is 6.04 Å². The summed E-state index contributed by atoms with van der Waals surface area (Å²) in [4.78, 5) is 37.8. The topological polar surface area (TPSA) is 133 Å². The van der Waals surface area contributed by atoms with E-state index < -0.39 is 6.04 Å². The number of aryl methyl sites for hydroxylation is 4. The number of hydrogen-bond donors (Lipinski definition) is 5. The lowest BCUT2D eigenvalue weighted by Crippen LogP contribution is -2.32. The van der Waals surface area contributed by atoms with Crippen molar-refractivity contribution in [2.24, 2.45) is 0 Å². The minimum atomic E-state index is -0.666. The molecule has 3 aromatic carbocycles. The van der Waals surface area contributed by atoms with Gasteiger partial charge >= 0.3 is 0 Å². The summed E-state index contributed by atoms with van der Waals surface area (Å²) >= 11 is 0. The lowest BCUT2D eigenvalue weighted by molar-refractivity contribution is -0.116. The van der Waals surface area contributed by atoms with Gasteiger partial charge in [0.25, 0.3) is 0 Å². The number of hydrogen-bond acceptors (Lipinski definition) is 8. The van der Waals surface area contributed by atoms with Crippen molar-refractivity contribution in [1.29, 1.82) is 0 Å². The number of benzene rings is 3. The number of carbonyl (C=O) groups is 2. The zero-order chi connectivity index (χ0) is 28.8. The highest BCUT2D eigenvalue weighted by Crippen LogP contribution is 2.24. The number of carbonyl (C=O) groups excluding carboxylic acids is 2. The van der Waals surface area contributed by atoms with Crippen LogP contribution >= 0.6 is 0 Å². The van der Waals surface area contributed by atoms with Crippen LogP contribution in [0.3, 0.4) is 0 Å². The zero-order valence-electron chi connectivity index (χ0n) is 23.5. The third kappa shape index (κ3) is 7.53. The van der Waals surface area contributed by atoms with Crippen LogP contribution in [0.4, 0.5) is 40.6 Å². The maximum absolute atomic E-state index is 12.9. The standard InChI is InChI=1S/C30H34N8O2/c1-17-7-13-25(19(3)15-17)34-29-36-28(37-30(38-29)35-26-14-8-18(2)16-20(26)4)31-21(5)27(40)33-24-11-9-23(10-12-24)32-22(6)39/h7-16,21H,1-6H3,(H,32,39)(H,33,40)(H3,31,34,35,36,37,38)/t21-/m1/s1. The first kappa shape index (κ1) is 28.0. The summed E-state index contributed by atoms with van der Waals surface area (Å²) in [5, 5.41) is 15.2. The Balaban J connectivity index is 1.55. The van der Waals surface area contributed by atoms with Crippen LogP contribution in [0.5, 0.6) is 0 Å². The Kier molecular flexibility index (Phi) is 8.58. The largest absolute Gasteiger partial charge is 0.342 e. The summed E-state index contributed by atoms with van der Waals surface area (Å²) < 4.78 is 0. The van der Waals surface area contributed by atoms with Crippen molar-refractivity contribution in [3.05, 3.63) is 82.9 Å². The van der Waals surface area contributed by atoms with E-state index in [1.54, 1.807) is 31.2 Å². The molecule has 1 heterocycles. The monoisotopic (exact) mass is 538 g/mol. The smallest absolute Gasteiger partial charge is 0.246 e. The molecule has 10 heteroatoms. The Morgan fingerprint density at radius 2 is 1.10 bits per heavy atom. The molecule has 0 aliphatic rings. The Morgan fingerprint density at radius 3 is 1.55 bits per heavy atom. The van der Waals surface area contributed by atoms with Crippen molar-refractivity contribution in [3.63, 3.8) is 0 Å². The first-order valence-electron chi connectivity index (χ1n) is 13.0. The van der Waals surface area contributed by atoms with Crippen LogP contribution in [-0.2, 0) is 9.59 Å². The van der Waals surface area contributed by atoms with Gasteiger partial charge in [-0.25, -0.2) is 0 Å².